The standard InChI is InChI=1S/C6H8ClF2NO2/c1-4(7)2-10-3-6(8,9)5(11)12/h10H,1-3H2,(H,11,12). The number of hydrogen-bond donors (Lipinski definition) is 2. The average molecular weight is 200 g/mol. The normalized spacial score (nSPS) is 11.2. The van der Waals surface area contributed by atoms with Crippen molar-refractivity contribution >= 4 is 17.6 Å². The van der Waals surface area contributed by atoms with E-state index >= 15 is 0 Å². The van der Waals surface area contributed by atoms with Crippen molar-refractivity contribution in [2.45, 2.75) is 5.92 Å². The lowest BCUT2D eigenvalue weighted by Gasteiger charge is -2.11. The van der Waals surface area contributed by atoms with E-state index in [1.54, 1.807) is 0 Å². The minimum Gasteiger partial charge on any atom is -0.477 e. The van der Waals surface area contributed by atoms with Crippen molar-refractivity contribution in [3.63, 3.8) is 0 Å². The van der Waals surface area contributed by atoms with Gasteiger partial charge < -0.3 is 10.4 Å². The molecule has 0 saturated carbocycles. The van der Waals surface area contributed by atoms with Crippen LogP contribution in [0.5, 0.6) is 0 Å². The van der Waals surface area contributed by atoms with Crippen molar-refractivity contribution in [3.8, 4) is 0 Å². The van der Waals surface area contributed by atoms with Crippen LogP contribution in [-0.2, 0) is 4.79 Å². The minimum atomic E-state index is -3.76. The Kier molecular flexibility index (Phi) is 4.12. The molecule has 0 atom stereocenters. The van der Waals surface area contributed by atoms with E-state index in [4.69, 9.17) is 16.7 Å². The summed E-state index contributed by atoms with van der Waals surface area (Å²) in [5.41, 5.74) is 0. The summed E-state index contributed by atoms with van der Waals surface area (Å²) in [7, 11) is 0. The highest BCUT2D eigenvalue weighted by molar-refractivity contribution is 6.29. The Morgan fingerprint density at radius 3 is 2.50 bits per heavy atom. The molecule has 0 radical (unpaired) electrons. The number of nitrogens with one attached hydrogen (secondary N) is 1. The number of alkyl halides is 2. The van der Waals surface area contributed by atoms with Gasteiger partial charge >= 0.3 is 11.9 Å². The van der Waals surface area contributed by atoms with Crippen molar-refractivity contribution in [1.82, 2.24) is 5.32 Å². The van der Waals surface area contributed by atoms with E-state index in [-0.39, 0.29) is 11.6 Å². The molecule has 2 N–H and O–H groups in total. The van der Waals surface area contributed by atoms with E-state index in [2.05, 4.69) is 11.9 Å². The zero-order valence-electron chi connectivity index (χ0n) is 6.11. The van der Waals surface area contributed by atoms with Crippen molar-refractivity contribution in [2.24, 2.45) is 0 Å². The van der Waals surface area contributed by atoms with Gasteiger partial charge in [0.15, 0.2) is 0 Å². The first-order valence-electron chi connectivity index (χ1n) is 3.01. The van der Waals surface area contributed by atoms with Crippen LogP contribution < -0.4 is 5.32 Å². The fourth-order valence-electron chi connectivity index (χ4n) is 0.431. The van der Waals surface area contributed by atoms with Crippen LogP contribution in [0.1, 0.15) is 0 Å². The zero-order valence-corrected chi connectivity index (χ0v) is 6.87. The number of aliphatic carboxylic acids is 1. The van der Waals surface area contributed by atoms with Gasteiger partial charge in [0.1, 0.15) is 0 Å². The highest BCUT2D eigenvalue weighted by Gasteiger charge is 2.37. The molecule has 12 heavy (non-hydrogen) atoms. The average Bonchev–Trinajstić information content (AvgIpc) is 1.85. The lowest BCUT2D eigenvalue weighted by Crippen LogP contribution is -2.40. The summed E-state index contributed by atoms with van der Waals surface area (Å²) in [4.78, 5) is 9.85. The van der Waals surface area contributed by atoms with Gasteiger partial charge in [0.05, 0.1) is 6.54 Å². The van der Waals surface area contributed by atoms with Crippen molar-refractivity contribution in [2.75, 3.05) is 13.1 Å². The van der Waals surface area contributed by atoms with Gasteiger partial charge in [-0.25, -0.2) is 4.79 Å². The van der Waals surface area contributed by atoms with E-state index in [9.17, 15) is 13.6 Å². The van der Waals surface area contributed by atoms with Crippen molar-refractivity contribution in [3.05, 3.63) is 11.6 Å². The zero-order chi connectivity index (χ0) is 9.78. The first-order valence-corrected chi connectivity index (χ1v) is 3.39. The second-order valence-corrected chi connectivity index (χ2v) is 2.66. The van der Waals surface area contributed by atoms with Gasteiger partial charge in [0.25, 0.3) is 0 Å². The van der Waals surface area contributed by atoms with Crippen molar-refractivity contribution in [1.29, 1.82) is 0 Å². The molecule has 70 valence electrons. The molecule has 0 aliphatic carbocycles. The molecule has 3 nitrogen and oxygen atoms in total. The van der Waals surface area contributed by atoms with Crippen LogP contribution in [0.25, 0.3) is 0 Å². The van der Waals surface area contributed by atoms with E-state index in [0.29, 0.717) is 0 Å². The van der Waals surface area contributed by atoms with Crippen LogP contribution in [0, 0.1) is 0 Å². The summed E-state index contributed by atoms with van der Waals surface area (Å²) < 4.78 is 24.5. The number of hydrogen-bond acceptors (Lipinski definition) is 2. The van der Waals surface area contributed by atoms with Gasteiger partial charge in [-0.15, -0.1) is 0 Å². The summed E-state index contributed by atoms with van der Waals surface area (Å²) in [6.45, 7) is 2.24. The maximum atomic E-state index is 12.3. The second-order valence-electron chi connectivity index (χ2n) is 2.13. The first-order chi connectivity index (χ1) is 5.36. The molecule has 0 unspecified atom stereocenters. The molecule has 0 aromatic heterocycles. The Bertz CT molecular complexity index is 196. The molecule has 0 aliphatic heterocycles. The van der Waals surface area contributed by atoms with Crippen LogP contribution in [0.15, 0.2) is 11.6 Å². The second kappa shape index (κ2) is 4.37. The van der Waals surface area contributed by atoms with Crippen LogP contribution in [0.3, 0.4) is 0 Å². The topological polar surface area (TPSA) is 49.3 Å². The lowest BCUT2D eigenvalue weighted by atomic mass is 10.3. The molecule has 0 heterocycles. The van der Waals surface area contributed by atoms with E-state index in [1.807, 2.05) is 0 Å². The Hall–Kier alpha value is -0.680. The monoisotopic (exact) mass is 199 g/mol. The fourth-order valence-corrected chi connectivity index (χ4v) is 0.525. The minimum absolute atomic E-state index is 0.0373. The summed E-state index contributed by atoms with van der Waals surface area (Å²) >= 11 is 5.24. The smallest absolute Gasteiger partial charge is 0.375 e. The Labute approximate surface area is 73.0 Å². The van der Waals surface area contributed by atoms with Gasteiger partial charge in [-0.1, -0.05) is 18.2 Å². The number of carboxylic acid groups (broad SMARTS) is 1. The number of carbonyl (C=O) groups is 1. The molecule has 0 aliphatic rings. The quantitative estimate of drug-likeness (QED) is 0.696. The molecule has 0 fully saturated rings. The van der Waals surface area contributed by atoms with Gasteiger partial charge in [-0.05, 0) is 0 Å². The lowest BCUT2D eigenvalue weighted by molar-refractivity contribution is -0.163. The van der Waals surface area contributed by atoms with Gasteiger partial charge in [0, 0.05) is 11.6 Å². The van der Waals surface area contributed by atoms with Crippen LogP contribution in [-0.4, -0.2) is 30.1 Å². The maximum Gasteiger partial charge on any atom is 0.375 e. The molecule has 0 saturated heterocycles. The van der Waals surface area contributed by atoms with E-state index in [0.717, 1.165) is 0 Å². The summed E-state index contributed by atoms with van der Waals surface area (Å²) in [6.07, 6.45) is 0. The number of halogens is 3. The van der Waals surface area contributed by atoms with Crippen molar-refractivity contribution < 1.29 is 18.7 Å². The molecular weight excluding hydrogens is 192 g/mol. The van der Waals surface area contributed by atoms with Gasteiger partial charge in [0.2, 0.25) is 0 Å². The molecule has 0 bridgehead atoms. The molecular formula is C6H8ClF2NO2. The highest BCUT2D eigenvalue weighted by Crippen LogP contribution is 2.11. The molecule has 0 spiro atoms. The van der Waals surface area contributed by atoms with E-state index < -0.39 is 18.4 Å². The summed E-state index contributed by atoms with van der Waals surface area (Å²) in [5, 5.41) is 10.3. The number of rotatable bonds is 5. The predicted octanol–water partition coefficient (Wildman–Crippen LogP) is 1.05. The van der Waals surface area contributed by atoms with Crippen LogP contribution in [0.4, 0.5) is 8.78 Å². The molecule has 0 amide bonds. The highest BCUT2D eigenvalue weighted by atomic mass is 35.5. The molecule has 6 heteroatoms. The molecule has 0 aromatic carbocycles. The van der Waals surface area contributed by atoms with Gasteiger partial charge in [-0.2, -0.15) is 8.78 Å². The largest absolute Gasteiger partial charge is 0.477 e. The molecule has 0 aromatic rings. The fraction of sp³-hybridized carbons (Fsp3) is 0.500. The van der Waals surface area contributed by atoms with E-state index in [1.165, 1.54) is 0 Å². The summed E-state index contributed by atoms with van der Waals surface area (Å²) in [6, 6.07) is 0. The third kappa shape index (κ3) is 4.25. The third-order valence-electron chi connectivity index (χ3n) is 0.977. The Morgan fingerprint density at radius 2 is 2.17 bits per heavy atom. The first kappa shape index (κ1) is 11.3. The SMILES string of the molecule is C=C(Cl)CNCC(F)(F)C(=O)O. The predicted molar refractivity (Wildman–Crippen MR) is 40.4 cm³/mol. The van der Waals surface area contributed by atoms with Crippen LogP contribution in [0.2, 0.25) is 0 Å². The molecule has 0 rings (SSSR count). The summed E-state index contributed by atoms with van der Waals surface area (Å²) in [5.74, 6) is -5.91. The number of carboxylic acids is 1. The third-order valence-corrected chi connectivity index (χ3v) is 1.11. The maximum absolute atomic E-state index is 12.3. The Morgan fingerprint density at radius 1 is 1.67 bits per heavy atom. The Balaban J connectivity index is 3.76. The van der Waals surface area contributed by atoms with Crippen LogP contribution >= 0.6 is 11.6 Å². The van der Waals surface area contributed by atoms with Gasteiger partial charge in [-0.3, -0.25) is 0 Å².